The minimum atomic E-state index is -1.74. The first-order valence-electron chi connectivity index (χ1n) is 12.1. The molecule has 0 aromatic heterocycles. The van der Waals surface area contributed by atoms with Crippen LogP contribution >= 0.6 is 0 Å². The summed E-state index contributed by atoms with van der Waals surface area (Å²) in [4.78, 5) is 12.6. The number of hydrogen-bond acceptors (Lipinski definition) is 3. The Morgan fingerprint density at radius 1 is 1.12 bits per heavy atom. The second kappa shape index (κ2) is 12.6. The molecule has 0 bridgehead atoms. The average molecular weight is 477 g/mol. The zero-order valence-corrected chi connectivity index (χ0v) is 22.9. The summed E-state index contributed by atoms with van der Waals surface area (Å²) < 4.78 is 11.6. The molecule has 0 amide bonds. The second-order valence-electron chi connectivity index (χ2n) is 10.4. The van der Waals surface area contributed by atoms with E-state index in [1.54, 1.807) is 0 Å². The van der Waals surface area contributed by atoms with Crippen LogP contribution in [0.15, 0.2) is 60.7 Å². The summed E-state index contributed by atoms with van der Waals surface area (Å²) in [6.45, 7) is 15.3. The van der Waals surface area contributed by atoms with Gasteiger partial charge in [-0.05, 0) is 71.2 Å². The standard InChI is InChI=1S/C30H40O3Si/c1-8-32-29(31)26(17-10-9-13-20-30(3,4)5)21-25-16-14-18-27(22-25)33-23-34(6,7)28-19-12-11-15-24(28)2/h9-12,14-16,18-19,22,26H,8,17,21,23H2,1-7H3/b10-9+. The Balaban J connectivity index is 2.08. The number of carbonyl (C=O) groups is 1. The summed E-state index contributed by atoms with van der Waals surface area (Å²) in [5.74, 6) is 6.68. The van der Waals surface area contributed by atoms with E-state index in [-0.39, 0.29) is 17.3 Å². The molecule has 2 aromatic carbocycles. The van der Waals surface area contributed by atoms with Gasteiger partial charge in [0, 0.05) is 5.41 Å². The van der Waals surface area contributed by atoms with Crippen LogP contribution in [-0.2, 0) is 16.0 Å². The van der Waals surface area contributed by atoms with Crippen molar-refractivity contribution >= 4 is 19.2 Å². The molecule has 0 aliphatic rings. The van der Waals surface area contributed by atoms with Gasteiger partial charge in [-0.15, -0.1) is 0 Å². The average Bonchev–Trinajstić information content (AvgIpc) is 2.76. The van der Waals surface area contributed by atoms with E-state index in [4.69, 9.17) is 9.47 Å². The largest absolute Gasteiger partial charge is 0.497 e. The predicted octanol–water partition coefficient (Wildman–Crippen LogP) is 6.25. The van der Waals surface area contributed by atoms with Crippen LogP contribution in [0.1, 0.15) is 45.2 Å². The van der Waals surface area contributed by atoms with Crippen molar-refractivity contribution in [2.75, 3.05) is 12.8 Å². The molecule has 3 nitrogen and oxygen atoms in total. The first-order chi connectivity index (χ1) is 16.0. The lowest BCUT2D eigenvalue weighted by Crippen LogP contribution is -2.48. The van der Waals surface area contributed by atoms with E-state index < -0.39 is 8.07 Å². The van der Waals surface area contributed by atoms with E-state index in [9.17, 15) is 4.79 Å². The molecule has 1 unspecified atom stereocenters. The van der Waals surface area contributed by atoms with E-state index in [1.165, 1.54) is 10.8 Å². The van der Waals surface area contributed by atoms with E-state index in [0.717, 1.165) is 11.3 Å². The Morgan fingerprint density at radius 2 is 1.85 bits per heavy atom. The lowest BCUT2D eigenvalue weighted by Gasteiger charge is -2.25. The number of ether oxygens (including phenoxy) is 2. The Hall–Kier alpha value is -2.77. The summed E-state index contributed by atoms with van der Waals surface area (Å²) in [5.41, 5.74) is 2.36. The zero-order valence-electron chi connectivity index (χ0n) is 21.9. The van der Waals surface area contributed by atoms with Gasteiger partial charge in [-0.3, -0.25) is 4.79 Å². The molecule has 1 atom stereocenters. The monoisotopic (exact) mass is 476 g/mol. The Kier molecular flexibility index (Phi) is 10.2. The summed E-state index contributed by atoms with van der Waals surface area (Å²) in [6.07, 6.45) is 5.71. The third-order valence-corrected chi connectivity index (χ3v) is 8.43. The van der Waals surface area contributed by atoms with Gasteiger partial charge in [0.05, 0.1) is 18.8 Å². The van der Waals surface area contributed by atoms with Crippen LogP contribution in [0, 0.1) is 30.1 Å². The van der Waals surface area contributed by atoms with E-state index in [2.05, 4.69) is 83.0 Å². The third-order valence-electron chi connectivity index (χ3n) is 5.54. The molecule has 2 aromatic rings. The molecule has 0 spiro atoms. The zero-order chi connectivity index (χ0) is 25.2. The van der Waals surface area contributed by atoms with Gasteiger partial charge in [0.25, 0.3) is 0 Å². The second-order valence-corrected chi connectivity index (χ2v) is 15.0. The molecule has 0 fully saturated rings. The number of carbonyl (C=O) groups excluding carboxylic acids is 1. The quantitative estimate of drug-likeness (QED) is 0.231. The number of hydrogen-bond donors (Lipinski definition) is 0. The number of esters is 1. The van der Waals surface area contributed by atoms with E-state index >= 15 is 0 Å². The topological polar surface area (TPSA) is 35.5 Å². The lowest BCUT2D eigenvalue weighted by molar-refractivity contribution is -0.147. The highest BCUT2D eigenvalue weighted by Crippen LogP contribution is 2.21. The Bertz CT molecular complexity index is 1030. The summed E-state index contributed by atoms with van der Waals surface area (Å²) in [6, 6.07) is 16.7. The molecule has 0 aliphatic carbocycles. The fourth-order valence-electron chi connectivity index (χ4n) is 3.79. The molecule has 0 radical (unpaired) electrons. The number of allylic oxidation sites excluding steroid dienone is 2. The molecule has 0 heterocycles. The van der Waals surface area contributed by atoms with Gasteiger partial charge in [0.2, 0.25) is 0 Å². The molecule has 2 rings (SSSR count). The van der Waals surface area contributed by atoms with Gasteiger partial charge in [0.15, 0.2) is 0 Å². The SMILES string of the molecule is CCOC(=O)C(C/C=C/C#CC(C)(C)C)Cc1cccc(OC[Si](C)(C)c2ccccc2C)c1. The number of benzene rings is 2. The van der Waals surface area contributed by atoms with Crippen molar-refractivity contribution in [2.24, 2.45) is 11.3 Å². The van der Waals surface area contributed by atoms with Crippen LogP contribution in [0.25, 0.3) is 0 Å². The lowest BCUT2D eigenvalue weighted by atomic mass is 9.95. The predicted molar refractivity (Wildman–Crippen MR) is 145 cm³/mol. The summed E-state index contributed by atoms with van der Waals surface area (Å²) in [7, 11) is -1.74. The Morgan fingerprint density at radius 3 is 2.53 bits per heavy atom. The van der Waals surface area contributed by atoms with E-state index in [1.807, 2.05) is 37.3 Å². The van der Waals surface area contributed by atoms with Crippen molar-refractivity contribution in [3.63, 3.8) is 0 Å². The van der Waals surface area contributed by atoms with Crippen LogP contribution in [0.3, 0.4) is 0 Å². The van der Waals surface area contributed by atoms with Gasteiger partial charge in [-0.2, -0.15) is 0 Å². The maximum Gasteiger partial charge on any atom is 0.309 e. The van der Waals surface area contributed by atoms with Crippen LogP contribution in [0.4, 0.5) is 0 Å². The summed E-state index contributed by atoms with van der Waals surface area (Å²) in [5, 5.41) is 1.43. The normalized spacial score (nSPS) is 12.7. The van der Waals surface area contributed by atoms with Crippen molar-refractivity contribution in [2.45, 2.75) is 60.6 Å². The molecule has 182 valence electrons. The van der Waals surface area contributed by atoms with Crippen LogP contribution in [0.5, 0.6) is 5.75 Å². The minimum Gasteiger partial charge on any atom is -0.497 e. The van der Waals surface area contributed by atoms with Crippen LogP contribution in [-0.4, -0.2) is 26.9 Å². The van der Waals surface area contributed by atoms with Gasteiger partial charge < -0.3 is 9.47 Å². The number of aryl methyl sites for hydroxylation is 1. The fourth-order valence-corrected chi connectivity index (χ4v) is 6.17. The van der Waals surface area contributed by atoms with Gasteiger partial charge >= 0.3 is 5.97 Å². The maximum absolute atomic E-state index is 12.6. The highest BCUT2D eigenvalue weighted by Gasteiger charge is 2.26. The smallest absolute Gasteiger partial charge is 0.309 e. The van der Waals surface area contributed by atoms with Crippen molar-refractivity contribution in [3.8, 4) is 17.6 Å². The Labute approximate surface area is 207 Å². The van der Waals surface area contributed by atoms with Crippen molar-refractivity contribution in [1.82, 2.24) is 0 Å². The number of rotatable bonds is 10. The molecule has 0 N–H and O–H groups in total. The van der Waals surface area contributed by atoms with Gasteiger partial charge in [0.1, 0.15) is 13.8 Å². The van der Waals surface area contributed by atoms with Gasteiger partial charge in [-0.1, -0.05) is 78.2 Å². The van der Waals surface area contributed by atoms with Crippen molar-refractivity contribution in [1.29, 1.82) is 0 Å². The third kappa shape index (κ3) is 9.23. The molecule has 34 heavy (non-hydrogen) atoms. The fraction of sp³-hybridized carbons (Fsp3) is 0.433. The summed E-state index contributed by atoms with van der Waals surface area (Å²) >= 11 is 0. The molecule has 0 aliphatic heterocycles. The van der Waals surface area contributed by atoms with E-state index in [0.29, 0.717) is 25.7 Å². The maximum atomic E-state index is 12.6. The van der Waals surface area contributed by atoms with Gasteiger partial charge in [-0.25, -0.2) is 0 Å². The molecule has 0 saturated heterocycles. The molecular weight excluding hydrogens is 436 g/mol. The van der Waals surface area contributed by atoms with Crippen LogP contribution in [0.2, 0.25) is 13.1 Å². The highest BCUT2D eigenvalue weighted by atomic mass is 28.3. The minimum absolute atomic E-state index is 0.0397. The highest BCUT2D eigenvalue weighted by molar-refractivity contribution is 6.90. The van der Waals surface area contributed by atoms with Crippen molar-refractivity contribution < 1.29 is 14.3 Å². The first-order valence-corrected chi connectivity index (χ1v) is 15.3. The van der Waals surface area contributed by atoms with Crippen LogP contribution < -0.4 is 9.92 Å². The molecule has 0 saturated carbocycles. The molecular formula is C30H40O3Si. The molecule has 4 heteroatoms. The van der Waals surface area contributed by atoms with Crippen molar-refractivity contribution in [3.05, 3.63) is 71.8 Å². The first kappa shape index (κ1) is 27.5.